The molecule has 7 nitrogen and oxygen atoms in total. The molecule has 1 aliphatic rings. The first-order valence-corrected chi connectivity index (χ1v) is 7.94. The third-order valence-electron chi connectivity index (χ3n) is 3.91. The van der Waals surface area contributed by atoms with Gasteiger partial charge < -0.3 is 20.1 Å². The van der Waals surface area contributed by atoms with Gasteiger partial charge in [-0.05, 0) is 44.5 Å². The van der Waals surface area contributed by atoms with Gasteiger partial charge in [0.05, 0.1) is 0 Å². The number of rotatable bonds is 5. The van der Waals surface area contributed by atoms with E-state index in [-0.39, 0.29) is 11.8 Å². The van der Waals surface area contributed by atoms with Gasteiger partial charge in [0.15, 0.2) is 5.82 Å². The summed E-state index contributed by atoms with van der Waals surface area (Å²) in [6.07, 6.45) is 1.51. The van der Waals surface area contributed by atoms with Gasteiger partial charge in [-0.15, -0.1) is 0 Å². The van der Waals surface area contributed by atoms with Crippen molar-refractivity contribution in [2.24, 2.45) is 0 Å². The topological polar surface area (TPSA) is 87.5 Å². The fourth-order valence-corrected chi connectivity index (χ4v) is 2.63. The minimum Gasteiger partial charge on any atom is -0.374 e. The molecule has 0 saturated carbocycles. The van der Waals surface area contributed by atoms with Crippen molar-refractivity contribution in [1.82, 2.24) is 5.16 Å². The number of aromatic nitrogens is 1. The van der Waals surface area contributed by atoms with E-state index in [1.54, 1.807) is 24.8 Å². The van der Waals surface area contributed by atoms with Crippen LogP contribution in [0, 0.1) is 6.92 Å². The van der Waals surface area contributed by atoms with Crippen LogP contribution in [0.3, 0.4) is 0 Å². The zero-order chi connectivity index (χ0) is 17.1. The van der Waals surface area contributed by atoms with E-state index >= 15 is 0 Å². The van der Waals surface area contributed by atoms with E-state index in [0.717, 1.165) is 24.3 Å². The predicted molar refractivity (Wildman–Crippen MR) is 91.0 cm³/mol. The minimum atomic E-state index is -0.443. The second-order valence-electron chi connectivity index (χ2n) is 5.87. The fourth-order valence-electron chi connectivity index (χ4n) is 2.63. The molecule has 3 rings (SSSR count). The number of hydrogen-bond acceptors (Lipinski definition) is 5. The zero-order valence-electron chi connectivity index (χ0n) is 13.7. The van der Waals surface area contributed by atoms with E-state index in [1.165, 1.54) is 0 Å². The standard InChI is InChI=1S/C17H20N4O3/c1-11-10-15(20-24-11)19-17(23)12(2)18-13-5-7-14(8-6-13)21-9-3-4-16(21)22/h5-8,10,12,18H,3-4,9H2,1-2H3,(H,19,20,23)/t12-/m0/s1. The van der Waals surface area contributed by atoms with E-state index in [1.807, 2.05) is 24.3 Å². The molecule has 2 N–H and O–H groups in total. The van der Waals surface area contributed by atoms with Crippen LogP contribution in [0.2, 0.25) is 0 Å². The molecule has 1 saturated heterocycles. The molecule has 1 aliphatic heterocycles. The number of anilines is 3. The molecule has 0 unspecified atom stereocenters. The minimum absolute atomic E-state index is 0.159. The highest BCUT2D eigenvalue weighted by Crippen LogP contribution is 2.23. The van der Waals surface area contributed by atoms with Crippen molar-refractivity contribution in [3.63, 3.8) is 0 Å². The molecule has 1 atom stereocenters. The lowest BCUT2D eigenvalue weighted by molar-refractivity contribution is -0.117. The number of nitrogens with one attached hydrogen (secondary N) is 2. The summed E-state index contributed by atoms with van der Waals surface area (Å²) in [5.41, 5.74) is 1.70. The monoisotopic (exact) mass is 328 g/mol. The van der Waals surface area contributed by atoms with Gasteiger partial charge in [-0.25, -0.2) is 0 Å². The first kappa shape index (κ1) is 16.0. The first-order valence-electron chi connectivity index (χ1n) is 7.94. The summed E-state index contributed by atoms with van der Waals surface area (Å²) in [6, 6.07) is 8.72. The Balaban J connectivity index is 1.58. The third kappa shape index (κ3) is 3.56. The van der Waals surface area contributed by atoms with Crippen LogP contribution < -0.4 is 15.5 Å². The van der Waals surface area contributed by atoms with Gasteiger partial charge in [0.25, 0.3) is 0 Å². The molecule has 0 bridgehead atoms. The maximum atomic E-state index is 12.1. The SMILES string of the molecule is Cc1cc(NC(=O)[C@H](C)Nc2ccc(N3CCCC3=O)cc2)no1. The molecule has 1 aromatic carbocycles. The van der Waals surface area contributed by atoms with E-state index in [0.29, 0.717) is 18.0 Å². The summed E-state index contributed by atoms with van der Waals surface area (Å²) in [4.78, 5) is 25.7. The van der Waals surface area contributed by atoms with Crippen LogP contribution in [0.5, 0.6) is 0 Å². The highest BCUT2D eigenvalue weighted by molar-refractivity contribution is 5.96. The largest absolute Gasteiger partial charge is 0.374 e. The van der Waals surface area contributed by atoms with Crippen molar-refractivity contribution in [1.29, 1.82) is 0 Å². The van der Waals surface area contributed by atoms with E-state index < -0.39 is 6.04 Å². The molecule has 2 aromatic rings. The maximum absolute atomic E-state index is 12.1. The van der Waals surface area contributed by atoms with Crippen LogP contribution in [0.25, 0.3) is 0 Å². The molecule has 0 spiro atoms. The van der Waals surface area contributed by atoms with Crippen molar-refractivity contribution in [2.75, 3.05) is 22.1 Å². The summed E-state index contributed by atoms with van der Waals surface area (Å²) in [7, 11) is 0. The number of hydrogen-bond donors (Lipinski definition) is 2. The lowest BCUT2D eigenvalue weighted by atomic mass is 10.2. The number of carbonyl (C=O) groups excluding carboxylic acids is 2. The molecule has 1 aromatic heterocycles. The molecule has 0 radical (unpaired) electrons. The highest BCUT2D eigenvalue weighted by atomic mass is 16.5. The molecule has 2 amide bonds. The lowest BCUT2D eigenvalue weighted by Gasteiger charge is -2.18. The first-order chi connectivity index (χ1) is 11.5. The highest BCUT2D eigenvalue weighted by Gasteiger charge is 2.21. The van der Waals surface area contributed by atoms with Gasteiger partial charge in [0.2, 0.25) is 11.8 Å². The normalized spacial score (nSPS) is 15.4. The number of nitrogens with zero attached hydrogens (tertiary/aromatic N) is 2. The van der Waals surface area contributed by atoms with Gasteiger partial charge in [0.1, 0.15) is 11.8 Å². The number of carbonyl (C=O) groups is 2. The van der Waals surface area contributed by atoms with Gasteiger partial charge in [0, 0.05) is 30.4 Å². The molecular formula is C17H20N4O3. The van der Waals surface area contributed by atoms with Crippen LogP contribution in [0.15, 0.2) is 34.9 Å². The lowest BCUT2D eigenvalue weighted by Crippen LogP contribution is -2.32. The summed E-state index contributed by atoms with van der Waals surface area (Å²) in [5.74, 6) is 0.987. The van der Waals surface area contributed by atoms with E-state index in [4.69, 9.17) is 4.52 Å². The molecule has 1 fully saturated rings. The zero-order valence-corrected chi connectivity index (χ0v) is 13.7. The Hall–Kier alpha value is -2.83. The van der Waals surface area contributed by atoms with Crippen LogP contribution in [-0.2, 0) is 9.59 Å². The van der Waals surface area contributed by atoms with Gasteiger partial charge in [-0.3, -0.25) is 9.59 Å². The molecule has 0 aliphatic carbocycles. The van der Waals surface area contributed by atoms with E-state index in [2.05, 4.69) is 15.8 Å². The molecular weight excluding hydrogens is 308 g/mol. The molecule has 126 valence electrons. The Morgan fingerprint density at radius 2 is 2.08 bits per heavy atom. The quantitative estimate of drug-likeness (QED) is 0.881. The third-order valence-corrected chi connectivity index (χ3v) is 3.91. The Morgan fingerprint density at radius 3 is 2.67 bits per heavy atom. The Kier molecular flexibility index (Phi) is 4.50. The number of aryl methyl sites for hydroxylation is 1. The summed E-state index contributed by atoms with van der Waals surface area (Å²) < 4.78 is 4.92. The van der Waals surface area contributed by atoms with Crippen molar-refractivity contribution in [3.8, 4) is 0 Å². The molecule has 7 heteroatoms. The van der Waals surface area contributed by atoms with Crippen LogP contribution in [0.4, 0.5) is 17.2 Å². The van der Waals surface area contributed by atoms with Crippen LogP contribution in [0.1, 0.15) is 25.5 Å². The van der Waals surface area contributed by atoms with E-state index in [9.17, 15) is 9.59 Å². The average molecular weight is 328 g/mol. The molecule has 2 heterocycles. The Morgan fingerprint density at radius 1 is 1.33 bits per heavy atom. The Bertz CT molecular complexity index is 739. The fraction of sp³-hybridized carbons (Fsp3) is 0.353. The maximum Gasteiger partial charge on any atom is 0.247 e. The summed E-state index contributed by atoms with van der Waals surface area (Å²) >= 11 is 0. The van der Waals surface area contributed by atoms with Crippen molar-refractivity contribution >= 4 is 29.0 Å². The Labute approximate surface area is 140 Å². The van der Waals surface area contributed by atoms with Crippen LogP contribution in [-0.4, -0.2) is 29.6 Å². The average Bonchev–Trinajstić information content (AvgIpc) is 3.16. The predicted octanol–water partition coefficient (Wildman–Crippen LogP) is 2.55. The van der Waals surface area contributed by atoms with Gasteiger partial charge in [-0.2, -0.15) is 0 Å². The smallest absolute Gasteiger partial charge is 0.247 e. The number of amides is 2. The summed E-state index contributed by atoms with van der Waals surface area (Å²) in [5, 5.41) is 9.55. The van der Waals surface area contributed by atoms with Gasteiger partial charge in [-0.1, -0.05) is 5.16 Å². The molecule has 24 heavy (non-hydrogen) atoms. The van der Waals surface area contributed by atoms with Gasteiger partial charge >= 0.3 is 0 Å². The second-order valence-corrected chi connectivity index (χ2v) is 5.87. The van der Waals surface area contributed by atoms with Crippen molar-refractivity contribution < 1.29 is 14.1 Å². The second kappa shape index (κ2) is 6.74. The van der Waals surface area contributed by atoms with Crippen molar-refractivity contribution in [3.05, 3.63) is 36.1 Å². The van der Waals surface area contributed by atoms with Crippen molar-refractivity contribution in [2.45, 2.75) is 32.7 Å². The summed E-state index contributed by atoms with van der Waals surface area (Å²) in [6.45, 7) is 4.29. The van der Waals surface area contributed by atoms with Crippen LogP contribution >= 0.6 is 0 Å². The number of benzene rings is 1.